The van der Waals surface area contributed by atoms with Gasteiger partial charge in [0.1, 0.15) is 11.6 Å². The number of benzene rings is 2. The lowest BCUT2D eigenvalue weighted by molar-refractivity contribution is -0.0697. The van der Waals surface area contributed by atoms with E-state index in [2.05, 4.69) is 0 Å². The van der Waals surface area contributed by atoms with Crippen LogP contribution < -0.4 is 0 Å². The third-order valence-corrected chi connectivity index (χ3v) is 6.92. The van der Waals surface area contributed by atoms with Crippen molar-refractivity contribution >= 4 is 17.4 Å². The van der Waals surface area contributed by atoms with Crippen molar-refractivity contribution in [1.29, 1.82) is 0 Å². The Morgan fingerprint density at radius 3 is 2.58 bits per heavy atom. The first-order chi connectivity index (χ1) is 14.9. The van der Waals surface area contributed by atoms with E-state index in [0.717, 1.165) is 16.5 Å². The second-order valence-corrected chi connectivity index (χ2v) is 8.63. The van der Waals surface area contributed by atoms with Gasteiger partial charge in [0.05, 0.1) is 6.04 Å². The molecule has 0 radical (unpaired) electrons. The first kappa shape index (κ1) is 21.5. The molecule has 1 aliphatic heterocycles. The quantitative estimate of drug-likeness (QED) is 0.518. The number of carbonyl (C=O) groups excluding carboxylic acids is 1. The van der Waals surface area contributed by atoms with Crippen LogP contribution in [0.1, 0.15) is 36.2 Å². The Hall–Kier alpha value is -2.77. The molecule has 0 unspecified atom stereocenters. The van der Waals surface area contributed by atoms with Crippen LogP contribution in [0.2, 0.25) is 0 Å². The van der Waals surface area contributed by atoms with Crippen LogP contribution in [0.3, 0.4) is 0 Å². The zero-order valence-electron chi connectivity index (χ0n) is 17.1. The molecule has 31 heavy (non-hydrogen) atoms. The first-order valence-electron chi connectivity index (χ1n) is 10.1. The number of hydrogen-bond acceptors (Lipinski definition) is 4. The molecule has 2 atom stereocenters. The smallest absolute Gasteiger partial charge is 0.411 e. The number of cyclic esters (lactones) is 1. The molecule has 0 spiro atoms. The average Bonchev–Trinajstić information content (AvgIpc) is 3.30. The number of amides is 1. The van der Waals surface area contributed by atoms with Gasteiger partial charge in [-0.3, -0.25) is 0 Å². The summed E-state index contributed by atoms with van der Waals surface area (Å²) < 4.78 is 33.1. The first-order valence-corrected chi connectivity index (χ1v) is 11.0. The van der Waals surface area contributed by atoms with Gasteiger partial charge in [-0.15, -0.1) is 11.3 Å². The van der Waals surface area contributed by atoms with Gasteiger partial charge in [-0.1, -0.05) is 30.3 Å². The van der Waals surface area contributed by atoms with Gasteiger partial charge in [-0.25, -0.2) is 13.6 Å². The number of hydrogen-bond donors (Lipinski definition) is 1. The topological polar surface area (TPSA) is 49.8 Å². The van der Waals surface area contributed by atoms with Crippen LogP contribution in [0.15, 0.2) is 60.0 Å². The fourth-order valence-corrected chi connectivity index (χ4v) is 4.98. The van der Waals surface area contributed by atoms with Crippen LogP contribution >= 0.6 is 11.3 Å². The molecule has 4 nitrogen and oxygen atoms in total. The Morgan fingerprint density at radius 1 is 1.19 bits per heavy atom. The lowest BCUT2D eigenvalue weighted by atomic mass is 9.91. The molecule has 1 saturated heterocycles. The van der Waals surface area contributed by atoms with E-state index in [9.17, 15) is 18.7 Å². The summed E-state index contributed by atoms with van der Waals surface area (Å²) in [4.78, 5) is 15.5. The van der Waals surface area contributed by atoms with E-state index in [1.165, 1.54) is 23.5 Å². The summed E-state index contributed by atoms with van der Waals surface area (Å²) in [6, 6.07) is 14.3. The highest BCUT2D eigenvalue weighted by Gasteiger charge is 2.43. The molecule has 0 saturated carbocycles. The van der Waals surface area contributed by atoms with Gasteiger partial charge in [0.15, 0.2) is 5.60 Å². The number of aliphatic hydroxyl groups is 1. The van der Waals surface area contributed by atoms with E-state index in [1.807, 2.05) is 36.6 Å². The lowest BCUT2D eigenvalue weighted by Crippen LogP contribution is -2.48. The number of nitrogens with zero attached hydrogens (tertiary/aromatic N) is 1. The zero-order chi connectivity index (χ0) is 22.0. The molecule has 2 aromatic carbocycles. The minimum absolute atomic E-state index is 0.0673. The predicted molar refractivity (Wildman–Crippen MR) is 116 cm³/mol. The molecule has 0 bridgehead atoms. The molecule has 3 aromatic rings. The van der Waals surface area contributed by atoms with Gasteiger partial charge >= 0.3 is 6.09 Å². The van der Waals surface area contributed by atoms with Crippen molar-refractivity contribution in [1.82, 2.24) is 4.90 Å². The summed E-state index contributed by atoms with van der Waals surface area (Å²) in [5, 5.41) is 11.5. The Kier molecular flexibility index (Phi) is 6.07. The molecule has 1 amide bonds. The van der Waals surface area contributed by atoms with Crippen molar-refractivity contribution in [2.24, 2.45) is 0 Å². The van der Waals surface area contributed by atoms with Crippen LogP contribution in [0.5, 0.6) is 0 Å². The zero-order valence-corrected chi connectivity index (χ0v) is 17.9. The minimum Gasteiger partial charge on any atom is -0.437 e. The van der Waals surface area contributed by atoms with Crippen LogP contribution in [0, 0.1) is 11.6 Å². The molecule has 7 heteroatoms. The van der Waals surface area contributed by atoms with E-state index in [1.54, 1.807) is 17.0 Å². The predicted octanol–water partition coefficient (Wildman–Crippen LogP) is 5.87. The summed E-state index contributed by atoms with van der Waals surface area (Å²) in [5.74, 6) is -1.23. The maximum atomic E-state index is 14.1. The summed E-state index contributed by atoms with van der Waals surface area (Å²) in [6.07, 6.45) is 0.525. The summed E-state index contributed by atoms with van der Waals surface area (Å²) in [5.41, 5.74) is 1.05. The molecule has 1 fully saturated rings. The van der Waals surface area contributed by atoms with Gasteiger partial charge in [-0.05, 0) is 41.6 Å². The highest BCUT2D eigenvalue weighted by atomic mass is 32.1. The van der Waals surface area contributed by atoms with E-state index in [0.29, 0.717) is 30.5 Å². The van der Waals surface area contributed by atoms with Gasteiger partial charge < -0.3 is 14.7 Å². The van der Waals surface area contributed by atoms with E-state index in [4.69, 9.17) is 4.74 Å². The Balaban J connectivity index is 1.51. The number of ether oxygens (including phenoxy) is 1. The van der Waals surface area contributed by atoms with Crippen molar-refractivity contribution in [3.8, 4) is 11.1 Å². The molecule has 162 valence electrons. The van der Waals surface area contributed by atoms with Gasteiger partial charge in [0.2, 0.25) is 0 Å². The van der Waals surface area contributed by atoms with E-state index in [-0.39, 0.29) is 12.6 Å². The van der Waals surface area contributed by atoms with Crippen molar-refractivity contribution < 1.29 is 23.4 Å². The van der Waals surface area contributed by atoms with Crippen molar-refractivity contribution in [3.63, 3.8) is 0 Å². The van der Waals surface area contributed by atoms with Crippen LogP contribution in [-0.2, 0) is 10.3 Å². The van der Waals surface area contributed by atoms with Crippen LogP contribution in [-0.4, -0.2) is 29.3 Å². The third kappa shape index (κ3) is 4.20. The van der Waals surface area contributed by atoms with Gasteiger partial charge in [-0.2, -0.15) is 0 Å². The number of carbonyl (C=O) groups is 1. The third-order valence-electron chi connectivity index (χ3n) is 5.86. The Labute approximate surface area is 183 Å². The highest BCUT2D eigenvalue weighted by Crippen LogP contribution is 2.41. The largest absolute Gasteiger partial charge is 0.437 e. The fourth-order valence-electron chi connectivity index (χ4n) is 4.06. The average molecular weight is 444 g/mol. The number of halogens is 2. The second kappa shape index (κ2) is 8.77. The molecule has 4 rings (SSSR count). The Morgan fingerprint density at radius 2 is 1.97 bits per heavy atom. The molecule has 0 aliphatic carbocycles. The molecule has 1 aromatic heterocycles. The summed E-state index contributed by atoms with van der Waals surface area (Å²) >= 11 is 1.52. The number of thiophene rings is 1. The van der Waals surface area contributed by atoms with Crippen LogP contribution in [0.25, 0.3) is 11.1 Å². The van der Waals surface area contributed by atoms with Gasteiger partial charge in [0, 0.05) is 42.5 Å². The molecule has 2 heterocycles. The molecule has 1 aliphatic rings. The van der Waals surface area contributed by atoms with E-state index < -0.39 is 23.3 Å². The monoisotopic (exact) mass is 443 g/mol. The summed E-state index contributed by atoms with van der Waals surface area (Å²) in [6.45, 7) is 2.34. The molecular formula is C24H23F2NO3S. The van der Waals surface area contributed by atoms with E-state index >= 15 is 0 Å². The maximum Gasteiger partial charge on any atom is 0.411 e. The fraction of sp³-hybridized carbons (Fsp3) is 0.292. The number of aliphatic hydroxyl groups excluding tert-OH is 1. The normalized spacial score (nSPS) is 19.9. The van der Waals surface area contributed by atoms with Crippen LogP contribution in [0.4, 0.5) is 13.6 Å². The second-order valence-electron chi connectivity index (χ2n) is 7.68. The van der Waals surface area contributed by atoms with Gasteiger partial charge in [0.25, 0.3) is 0 Å². The standard InChI is InChI=1S/C24H23F2NO3S/c1-16(17-4-6-18(7-5-17)20-9-8-19(25)15-21(20)26)27-12-10-24(11-13-28,30-23(27)29)22-3-2-14-31-22/h2-9,14-16,28H,10-13H2,1H3/t16-,24+/m0/s1. The SMILES string of the molecule is C[C@@H](c1ccc(-c2ccc(F)cc2F)cc1)N1CC[C@@](CCO)(c2cccs2)OC1=O. The molecule has 1 N–H and O–H groups in total. The van der Waals surface area contributed by atoms with Crippen molar-refractivity contribution in [3.05, 3.63) is 82.1 Å². The van der Waals surface area contributed by atoms with Crippen molar-refractivity contribution in [2.45, 2.75) is 31.4 Å². The lowest BCUT2D eigenvalue weighted by Gasteiger charge is -2.42. The van der Waals surface area contributed by atoms with Crippen molar-refractivity contribution in [2.75, 3.05) is 13.2 Å². The molecular weight excluding hydrogens is 420 g/mol. The Bertz CT molecular complexity index is 1060. The summed E-state index contributed by atoms with van der Waals surface area (Å²) in [7, 11) is 0. The highest BCUT2D eigenvalue weighted by molar-refractivity contribution is 7.10. The maximum absolute atomic E-state index is 14.1. The number of rotatable bonds is 6. The minimum atomic E-state index is -0.791.